The smallest absolute Gasteiger partial charge is 0.277 e. The van der Waals surface area contributed by atoms with Crippen LogP contribution in [0.15, 0.2) is 72.1 Å². The number of amides is 1. The number of piperazine rings is 1. The van der Waals surface area contributed by atoms with Crippen molar-refractivity contribution in [2.75, 3.05) is 37.6 Å². The van der Waals surface area contributed by atoms with Crippen molar-refractivity contribution < 1.29 is 10.1 Å². The van der Waals surface area contributed by atoms with Crippen molar-refractivity contribution in [1.29, 1.82) is 0 Å². The lowest BCUT2D eigenvalue weighted by Gasteiger charge is -2.36. The van der Waals surface area contributed by atoms with Gasteiger partial charge in [0.25, 0.3) is 5.91 Å². The highest BCUT2D eigenvalue weighted by Crippen LogP contribution is 2.23. The first kappa shape index (κ1) is 20.6. The number of nitrogens with two attached hydrogens (primary N) is 1. The number of carbonyl (C=O) groups is 1. The van der Waals surface area contributed by atoms with Gasteiger partial charge in [0.05, 0.1) is 4.88 Å². The van der Waals surface area contributed by atoms with Crippen molar-refractivity contribution in [3.05, 3.63) is 88.1 Å². The highest BCUT2D eigenvalue weighted by Gasteiger charge is 2.25. The molecule has 0 saturated carbocycles. The summed E-state index contributed by atoms with van der Waals surface area (Å²) < 4.78 is 0. The van der Waals surface area contributed by atoms with Crippen molar-refractivity contribution in [3.8, 4) is 0 Å². The van der Waals surface area contributed by atoms with E-state index in [0.29, 0.717) is 6.54 Å². The molecule has 0 unspecified atom stereocenters. The molecule has 1 fully saturated rings. The first-order chi connectivity index (χ1) is 14.7. The predicted octanol–water partition coefficient (Wildman–Crippen LogP) is 3.31. The van der Waals surface area contributed by atoms with Gasteiger partial charge in [-0.3, -0.25) is 4.79 Å². The van der Waals surface area contributed by atoms with Crippen LogP contribution < -0.4 is 10.2 Å². The molecule has 1 aliphatic rings. The average molecular weight is 421 g/mol. The maximum atomic E-state index is 12.9. The van der Waals surface area contributed by atoms with Crippen LogP contribution in [0.2, 0.25) is 0 Å². The first-order valence-corrected chi connectivity index (χ1v) is 11.7. The van der Waals surface area contributed by atoms with Crippen molar-refractivity contribution >= 4 is 22.9 Å². The number of benzene rings is 2. The van der Waals surface area contributed by atoms with E-state index < -0.39 is 0 Å². The zero-order valence-corrected chi connectivity index (χ0v) is 18.4. The second-order valence-corrected chi connectivity index (χ2v) is 8.71. The topological polar surface area (TPSA) is 40.2 Å². The molecular weight excluding hydrogens is 390 g/mol. The van der Waals surface area contributed by atoms with Gasteiger partial charge in [-0.05, 0) is 35.6 Å². The lowest BCUT2D eigenvalue weighted by Crippen LogP contribution is -2.87. The van der Waals surface area contributed by atoms with E-state index in [9.17, 15) is 4.79 Å². The maximum Gasteiger partial charge on any atom is 0.277 e. The highest BCUT2D eigenvalue weighted by atomic mass is 32.1. The van der Waals surface area contributed by atoms with Crippen molar-refractivity contribution in [2.45, 2.75) is 19.4 Å². The third-order valence-corrected chi connectivity index (χ3v) is 6.83. The number of quaternary nitrogens is 1. The number of anilines is 1. The summed E-state index contributed by atoms with van der Waals surface area (Å²) in [5.41, 5.74) is 3.84. The molecule has 0 aliphatic carbocycles. The van der Waals surface area contributed by atoms with Crippen LogP contribution in [0.3, 0.4) is 0 Å². The van der Waals surface area contributed by atoms with Gasteiger partial charge in [-0.25, -0.2) is 0 Å². The summed E-state index contributed by atoms with van der Waals surface area (Å²) in [5.74, 6) is 0.231. The number of para-hydroxylation sites is 1. The Hall–Kier alpha value is -2.63. The summed E-state index contributed by atoms with van der Waals surface area (Å²) in [6, 6.07) is 23.7. The van der Waals surface area contributed by atoms with Crippen LogP contribution in [0.4, 0.5) is 5.69 Å². The molecule has 4 rings (SSSR count). The zero-order chi connectivity index (χ0) is 20.8. The molecule has 1 aliphatic heterocycles. The lowest BCUT2D eigenvalue weighted by atomic mass is 10.0. The fourth-order valence-electron chi connectivity index (χ4n) is 4.05. The Balaban J connectivity index is 1.36. The minimum Gasteiger partial charge on any atom is -0.368 e. The van der Waals surface area contributed by atoms with Gasteiger partial charge in [-0.1, -0.05) is 55.5 Å². The van der Waals surface area contributed by atoms with Gasteiger partial charge >= 0.3 is 0 Å². The number of thiophene rings is 1. The maximum absolute atomic E-state index is 12.9. The van der Waals surface area contributed by atoms with E-state index in [2.05, 4.69) is 83.2 Å². The van der Waals surface area contributed by atoms with Crippen molar-refractivity contribution in [1.82, 2.24) is 4.90 Å². The Morgan fingerprint density at radius 1 is 0.967 bits per heavy atom. The highest BCUT2D eigenvalue weighted by molar-refractivity contribution is 7.10. The van der Waals surface area contributed by atoms with Crippen LogP contribution >= 0.6 is 11.3 Å². The molecule has 1 atom stereocenters. The van der Waals surface area contributed by atoms with E-state index in [4.69, 9.17) is 0 Å². The van der Waals surface area contributed by atoms with Crippen LogP contribution in [0.1, 0.15) is 29.0 Å². The number of nitrogens with zero attached hydrogens (tertiary/aromatic N) is 2. The Kier molecular flexibility index (Phi) is 6.82. The average Bonchev–Trinajstić information content (AvgIpc) is 3.35. The van der Waals surface area contributed by atoms with Crippen LogP contribution in [-0.2, 0) is 11.2 Å². The molecule has 2 aromatic carbocycles. The largest absolute Gasteiger partial charge is 0.368 e. The summed E-state index contributed by atoms with van der Waals surface area (Å²) in [5, 5.41) is 4.31. The number of carbonyl (C=O) groups excluding carboxylic acids is 1. The molecule has 1 amide bonds. The molecule has 5 heteroatoms. The summed E-state index contributed by atoms with van der Waals surface area (Å²) in [4.78, 5) is 18.6. The van der Waals surface area contributed by atoms with E-state index in [0.717, 1.165) is 32.6 Å². The molecular formula is C25H30N3OS+. The molecule has 0 spiro atoms. The fraction of sp³-hybridized carbons (Fsp3) is 0.320. The SMILES string of the molecule is CCc1ccc([C@@H]([NH2+]CC(=O)N2CCN(c3ccccc3)CC2)c2cccs2)cc1. The molecule has 0 radical (unpaired) electrons. The van der Waals surface area contributed by atoms with Crippen molar-refractivity contribution in [3.63, 3.8) is 0 Å². The Bertz CT molecular complexity index is 917. The number of rotatable bonds is 7. The van der Waals surface area contributed by atoms with E-state index in [-0.39, 0.29) is 11.9 Å². The van der Waals surface area contributed by atoms with Crippen LogP contribution in [0, 0.1) is 0 Å². The molecule has 1 saturated heterocycles. The van der Waals surface area contributed by atoms with Gasteiger partial charge in [0, 0.05) is 37.4 Å². The summed E-state index contributed by atoms with van der Waals surface area (Å²) in [7, 11) is 0. The van der Waals surface area contributed by atoms with Crippen molar-refractivity contribution in [2.24, 2.45) is 0 Å². The minimum absolute atomic E-state index is 0.172. The van der Waals surface area contributed by atoms with E-state index >= 15 is 0 Å². The molecule has 156 valence electrons. The molecule has 1 aromatic heterocycles. The van der Waals surface area contributed by atoms with E-state index in [1.165, 1.54) is 21.7 Å². The minimum atomic E-state index is 0.172. The van der Waals surface area contributed by atoms with Gasteiger partial charge in [0.1, 0.15) is 6.04 Å². The predicted molar refractivity (Wildman–Crippen MR) is 124 cm³/mol. The van der Waals surface area contributed by atoms with Gasteiger partial charge in [0.2, 0.25) is 0 Å². The third-order valence-electron chi connectivity index (χ3n) is 5.88. The van der Waals surface area contributed by atoms with Gasteiger partial charge in [0.15, 0.2) is 6.54 Å². The molecule has 4 nitrogen and oxygen atoms in total. The number of aryl methyl sites for hydroxylation is 1. The van der Waals surface area contributed by atoms with E-state index in [1.54, 1.807) is 11.3 Å². The standard InChI is InChI=1S/C25H29N3OS/c1-2-20-10-12-21(13-11-20)25(23-9-6-18-30-23)26-19-24(29)28-16-14-27(15-17-28)22-7-4-3-5-8-22/h3-13,18,25-26H,2,14-17,19H2,1H3/p+1/t25-/m1/s1. The second-order valence-electron chi connectivity index (χ2n) is 7.73. The fourth-order valence-corrected chi connectivity index (χ4v) is 4.90. The van der Waals surface area contributed by atoms with Gasteiger partial charge in [-0.15, -0.1) is 11.3 Å². The van der Waals surface area contributed by atoms with Gasteiger partial charge in [-0.2, -0.15) is 0 Å². The summed E-state index contributed by atoms with van der Waals surface area (Å²) in [6.07, 6.45) is 1.04. The Labute approximate surface area is 183 Å². The molecule has 2 N–H and O–H groups in total. The van der Waals surface area contributed by atoms with Gasteiger partial charge < -0.3 is 15.1 Å². The zero-order valence-electron chi connectivity index (χ0n) is 17.5. The first-order valence-electron chi connectivity index (χ1n) is 10.8. The molecule has 0 bridgehead atoms. The summed E-state index contributed by atoms with van der Waals surface area (Å²) >= 11 is 1.76. The lowest BCUT2D eigenvalue weighted by molar-refractivity contribution is -0.676. The molecule has 30 heavy (non-hydrogen) atoms. The van der Waals surface area contributed by atoms with Crippen LogP contribution in [0.25, 0.3) is 0 Å². The number of hydrogen-bond acceptors (Lipinski definition) is 3. The Morgan fingerprint density at radius 2 is 1.70 bits per heavy atom. The molecule has 2 heterocycles. The summed E-state index contributed by atoms with van der Waals surface area (Å²) in [6.45, 7) is 6.01. The monoisotopic (exact) mass is 420 g/mol. The normalized spacial score (nSPS) is 15.2. The second kappa shape index (κ2) is 9.92. The quantitative estimate of drug-likeness (QED) is 0.637. The van der Waals surface area contributed by atoms with Crippen LogP contribution in [-0.4, -0.2) is 43.5 Å². The van der Waals surface area contributed by atoms with E-state index in [1.807, 2.05) is 11.0 Å². The third kappa shape index (κ3) is 4.91. The Morgan fingerprint density at radius 3 is 2.33 bits per heavy atom. The molecule has 3 aromatic rings. The number of hydrogen-bond donors (Lipinski definition) is 1. The van der Waals surface area contributed by atoms with Crippen LogP contribution in [0.5, 0.6) is 0 Å².